The van der Waals surface area contributed by atoms with Crippen molar-refractivity contribution in [2.45, 2.75) is 31.2 Å². The summed E-state index contributed by atoms with van der Waals surface area (Å²) in [6.45, 7) is 0.949. The van der Waals surface area contributed by atoms with Gasteiger partial charge in [0.2, 0.25) is 5.95 Å². The molecule has 0 atom stereocenters. The zero-order valence-corrected chi connectivity index (χ0v) is 26.0. The highest BCUT2D eigenvalue weighted by atomic mass is 32.1. The zero-order valence-electron chi connectivity index (χ0n) is 25.2. The van der Waals surface area contributed by atoms with Crippen LogP contribution in [-0.4, -0.2) is 69.3 Å². The average molecular weight is 621 g/mol. The van der Waals surface area contributed by atoms with Gasteiger partial charge in [-0.05, 0) is 54.3 Å². The fourth-order valence-corrected chi connectivity index (χ4v) is 7.04. The van der Waals surface area contributed by atoms with Gasteiger partial charge in [0.1, 0.15) is 17.0 Å². The number of rotatable bonds is 7. The first-order chi connectivity index (χ1) is 21.8. The predicted octanol–water partition coefficient (Wildman–Crippen LogP) is 5.26. The number of amides is 2. The number of anilines is 3. The van der Waals surface area contributed by atoms with E-state index in [0.29, 0.717) is 57.6 Å². The number of carbonyl (C=O) groups excluding carboxylic acids is 2. The van der Waals surface area contributed by atoms with E-state index < -0.39 is 0 Å². The van der Waals surface area contributed by atoms with Crippen LogP contribution in [-0.2, 0) is 12.0 Å². The summed E-state index contributed by atoms with van der Waals surface area (Å²) in [4.78, 5) is 48.1. The molecule has 0 bridgehead atoms. The molecule has 3 aromatic heterocycles. The minimum atomic E-state index is -0.164. The number of para-hydroxylation sites is 1. The fraction of sp³-hybridized carbons (Fsp3) is 0.273. The SMILES string of the molecule is COc1c(Nc2nc(N)nc3scnc23)cccc1-c1ccc2c(c1)C1(CCC1)CN(Cc1cccc(C(=O)N(C)C)n1)C2=O. The van der Waals surface area contributed by atoms with Gasteiger partial charge < -0.3 is 25.6 Å². The Bertz CT molecular complexity index is 1970. The van der Waals surface area contributed by atoms with E-state index in [1.807, 2.05) is 47.4 Å². The van der Waals surface area contributed by atoms with Crippen molar-refractivity contribution in [2.24, 2.45) is 0 Å². The summed E-state index contributed by atoms with van der Waals surface area (Å²) < 4.78 is 5.94. The molecule has 3 N–H and O–H groups in total. The third-order valence-corrected chi connectivity index (χ3v) is 9.42. The predicted molar refractivity (Wildman–Crippen MR) is 174 cm³/mol. The van der Waals surface area contributed by atoms with Crippen LogP contribution in [0.1, 0.15) is 51.4 Å². The molecule has 7 rings (SSSR count). The molecule has 1 aliphatic carbocycles. The molecule has 5 aromatic rings. The van der Waals surface area contributed by atoms with Crippen molar-refractivity contribution >= 4 is 51.0 Å². The molecule has 228 valence electrons. The number of nitrogens with two attached hydrogens (primary N) is 1. The molecule has 45 heavy (non-hydrogen) atoms. The Kier molecular flexibility index (Phi) is 7.08. The summed E-state index contributed by atoms with van der Waals surface area (Å²) in [7, 11) is 5.04. The van der Waals surface area contributed by atoms with Crippen LogP contribution in [0.4, 0.5) is 17.5 Å². The van der Waals surface area contributed by atoms with Crippen LogP contribution in [0.5, 0.6) is 5.75 Å². The van der Waals surface area contributed by atoms with Gasteiger partial charge in [0, 0.05) is 37.2 Å². The van der Waals surface area contributed by atoms with E-state index in [4.69, 9.17) is 10.5 Å². The molecule has 4 heterocycles. The highest BCUT2D eigenvalue weighted by Gasteiger charge is 2.47. The van der Waals surface area contributed by atoms with Crippen LogP contribution in [0.2, 0.25) is 0 Å². The van der Waals surface area contributed by atoms with Crippen LogP contribution < -0.4 is 15.8 Å². The number of thiazole rings is 1. The quantitative estimate of drug-likeness (QED) is 0.249. The smallest absolute Gasteiger partial charge is 0.271 e. The van der Waals surface area contributed by atoms with E-state index in [1.165, 1.54) is 16.2 Å². The van der Waals surface area contributed by atoms with Crippen molar-refractivity contribution in [3.05, 3.63) is 82.6 Å². The molecule has 0 saturated heterocycles. The number of hydrogen-bond acceptors (Lipinski definition) is 10. The molecule has 1 aliphatic heterocycles. The van der Waals surface area contributed by atoms with Crippen molar-refractivity contribution in [1.29, 1.82) is 0 Å². The van der Waals surface area contributed by atoms with Gasteiger partial charge in [-0.1, -0.05) is 30.7 Å². The van der Waals surface area contributed by atoms with Crippen LogP contribution in [0.15, 0.2) is 60.1 Å². The Morgan fingerprint density at radius 1 is 1.09 bits per heavy atom. The zero-order chi connectivity index (χ0) is 31.3. The Morgan fingerprint density at radius 2 is 1.91 bits per heavy atom. The van der Waals surface area contributed by atoms with Crippen molar-refractivity contribution in [3.63, 3.8) is 0 Å². The maximum atomic E-state index is 13.9. The summed E-state index contributed by atoms with van der Waals surface area (Å²) in [6, 6.07) is 17.3. The van der Waals surface area contributed by atoms with E-state index in [1.54, 1.807) is 32.8 Å². The Balaban J connectivity index is 1.22. The van der Waals surface area contributed by atoms with Gasteiger partial charge in [0.25, 0.3) is 11.8 Å². The van der Waals surface area contributed by atoms with Crippen molar-refractivity contribution in [2.75, 3.05) is 38.8 Å². The number of hydrogen-bond donors (Lipinski definition) is 2. The van der Waals surface area contributed by atoms with Crippen LogP contribution in [0.3, 0.4) is 0 Å². The third-order valence-electron chi connectivity index (χ3n) is 8.70. The Hall–Kier alpha value is -5.10. The maximum Gasteiger partial charge on any atom is 0.271 e. The van der Waals surface area contributed by atoms with Crippen molar-refractivity contribution in [3.8, 4) is 16.9 Å². The number of pyridine rings is 1. The molecular weight excluding hydrogens is 588 g/mol. The van der Waals surface area contributed by atoms with Crippen LogP contribution in [0, 0.1) is 0 Å². The lowest BCUT2D eigenvalue weighted by molar-refractivity contribution is 0.0567. The van der Waals surface area contributed by atoms with Gasteiger partial charge in [-0.25, -0.2) is 15.0 Å². The van der Waals surface area contributed by atoms with Gasteiger partial charge in [0.05, 0.1) is 30.5 Å². The molecule has 0 radical (unpaired) electrons. The molecule has 11 nitrogen and oxygen atoms in total. The summed E-state index contributed by atoms with van der Waals surface area (Å²) in [5, 5.41) is 3.36. The van der Waals surface area contributed by atoms with Gasteiger partial charge in [0.15, 0.2) is 10.6 Å². The maximum absolute atomic E-state index is 13.9. The highest BCUT2D eigenvalue weighted by Crippen LogP contribution is 2.50. The van der Waals surface area contributed by atoms with Gasteiger partial charge >= 0.3 is 0 Å². The van der Waals surface area contributed by atoms with E-state index in [-0.39, 0.29) is 23.2 Å². The number of nitrogen functional groups attached to an aromatic ring is 1. The number of benzene rings is 2. The number of nitrogens with zero attached hydrogens (tertiary/aromatic N) is 6. The van der Waals surface area contributed by atoms with Gasteiger partial charge in [-0.2, -0.15) is 4.98 Å². The lowest BCUT2D eigenvalue weighted by atomic mass is 9.61. The van der Waals surface area contributed by atoms with Gasteiger partial charge in [-0.3, -0.25) is 9.59 Å². The number of fused-ring (bicyclic) bond motifs is 3. The monoisotopic (exact) mass is 620 g/mol. The fourth-order valence-electron chi connectivity index (χ4n) is 6.38. The van der Waals surface area contributed by atoms with Crippen molar-refractivity contribution < 1.29 is 14.3 Å². The third kappa shape index (κ3) is 5.00. The minimum absolute atomic E-state index is 0.0313. The van der Waals surface area contributed by atoms with Gasteiger partial charge in [-0.15, -0.1) is 11.3 Å². The Labute approximate surface area is 264 Å². The van der Waals surface area contributed by atoms with Crippen LogP contribution >= 0.6 is 11.3 Å². The van der Waals surface area contributed by atoms with E-state index in [2.05, 4.69) is 31.3 Å². The summed E-state index contributed by atoms with van der Waals surface area (Å²) in [5.41, 5.74) is 13.6. The summed E-state index contributed by atoms with van der Waals surface area (Å²) >= 11 is 1.40. The molecule has 2 aliphatic rings. The lowest BCUT2D eigenvalue weighted by Crippen LogP contribution is -2.52. The van der Waals surface area contributed by atoms with E-state index >= 15 is 0 Å². The number of carbonyl (C=O) groups is 2. The number of methoxy groups -OCH3 is 1. The van der Waals surface area contributed by atoms with E-state index in [9.17, 15) is 9.59 Å². The number of aromatic nitrogens is 4. The summed E-state index contributed by atoms with van der Waals surface area (Å²) in [6.07, 6.45) is 3.10. The first-order valence-corrected chi connectivity index (χ1v) is 15.6. The van der Waals surface area contributed by atoms with Crippen molar-refractivity contribution in [1.82, 2.24) is 29.7 Å². The first kappa shape index (κ1) is 28.7. The molecular formula is C33H32N8O3S. The second-order valence-electron chi connectivity index (χ2n) is 11.7. The second kappa shape index (κ2) is 11.1. The molecule has 2 aromatic carbocycles. The average Bonchev–Trinajstić information content (AvgIpc) is 3.50. The molecule has 1 spiro atoms. The molecule has 1 saturated carbocycles. The highest BCUT2D eigenvalue weighted by molar-refractivity contribution is 7.16. The topological polar surface area (TPSA) is 139 Å². The standard InChI is InChI=1S/C33H32N8O3S/c1-40(2)31(43)25-10-4-7-20(36-25)16-41-17-33(13-6-14-33)23-15-19(11-12-22(23)30(41)42)21-8-5-9-24(27(21)44-3)37-28-26-29(45-18-35-26)39-32(34)38-28/h4-5,7-12,15,18H,6,13-14,16-17H2,1-3H3,(H3,34,37,38,39). The molecule has 0 unspecified atom stereocenters. The largest absolute Gasteiger partial charge is 0.494 e. The molecule has 1 fully saturated rings. The Morgan fingerprint density at radius 3 is 2.67 bits per heavy atom. The normalized spacial score (nSPS) is 15.1. The lowest BCUT2D eigenvalue weighted by Gasteiger charge is -2.49. The number of ether oxygens (including phenoxy) is 1. The first-order valence-electron chi connectivity index (χ1n) is 14.7. The van der Waals surface area contributed by atoms with E-state index in [0.717, 1.165) is 36.0 Å². The molecule has 12 heteroatoms. The summed E-state index contributed by atoms with van der Waals surface area (Å²) in [5.74, 6) is 1.11. The number of nitrogens with one attached hydrogen (secondary N) is 1. The second-order valence-corrected chi connectivity index (χ2v) is 12.6. The molecule has 2 amide bonds. The van der Waals surface area contributed by atoms with Crippen LogP contribution in [0.25, 0.3) is 21.5 Å². The minimum Gasteiger partial charge on any atom is -0.494 e.